The van der Waals surface area contributed by atoms with E-state index in [1.807, 2.05) is 36.4 Å². The van der Waals surface area contributed by atoms with Crippen LogP contribution in [0.15, 0.2) is 42.7 Å². The smallest absolute Gasteiger partial charge is 0.126 e. The van der Waals surface area contributed by atoms with E-state index >= 15 is 0 Å². The molecule has 0 spiro atoms. The molecule has 2 rings (SSSR count). The Labute approximate surface area is 89.7 Å². The summed E-state index contributed by atoms with van der Waals surface area (Å²) in [5, 5.41) is 3.23. The second kappa shape index (κ2) is 5.53. The highest BCUT2D eigenvalue weighted by Crippen LogP contribution is 2.09. The lowest BCUT2D eigenvalue weighted by Gasteiger charge is -2.05. The van der Waals surface area contributed by atoms with Gasteiger partial charge in [-0.25, -0.2) is 0 Å². The van der Waals surface area contributed by atoms with E-state index in [0.717, 1.165) is 25.3 Å². The fourth-order valence-corrected chi connectivity index (χ4v) is 1.44. The molecule has 0 aromatic heterocycles. The van der Waals surface area contributed by atoms with Crippen LogP contribution in [0.4, 0.5) is 0 Å². The van der Waals surface area contributed by atoms with Crippen LogP contribution in [0.25, 0.3) is 0 Å². The zero-order valence-electron chi connectivity index (χ0n) is 8.56. The fraction of sp³-hybridized carbons (Fsp3) is 0.333. The minimum absolute atomic E-state index is 0.153. The highest BCUT2D eigenvalue weighted by molar-refractivity contribution is 5.21. The Bertz CT molecular complexity index is 305. The first-order chi connectivity index (χ1) is 7.45. The van der Waals surface area contributed by atoms with Gasteiger partial charge in [-0.05, 0) is 18.2 Å². The quantitative estimate of drug-likeness (QED) is 0.762. The van der Waals surface area contributed by atoms with Gasteiger partial charge in [0.15, 0.2) is 0 Å². The van der Waals surface area contributed by atoms with Gasteiger partial charge in [0.25, 0.3) is 0 Å². The predicted molar refractivity (Wildman–Crippen MR) is 58.6 cm³/mol. The Morgan fingerprint density at radius 1 is 1.40 bits per heavy atom. The second-order valence-corrected chi connectivity index (χ2v) is 3.35. The van der Waals surface area contributed by atoms with Crippen LogP contribution in [0.3, 0.4) is 0 Å². The van der Waals surface area contributed by atoms with Crippen LogP contribution >= 0.6 is 0 Å². The summed E-state index contributed by atoms with van der Waals surface area (Å²) in [6, 6.07) is 9.71. The average Bonchev–Trinajstić information content (AvgIpc) is 2.79. The highest BCUT2D eigenvalue weighted by atomic mass is 16.5. The Morgan fingerprint density at radius 2 is 2.27 bits per heavy atom. The molecular formula is C12H15NO2. The maximum Gasteiger partial charge on any atom is 0.126 e. The Balaban J connectivity index is 1.71. The molecule has 80 valence electrons. The van der Waals surface area contributed by atoms with Crippen LogP contribution in [-0.2, 0) is 4.74 Å². The van der Waals surface area contributed by atoms with Gasteiger partial charge in [-0.1, -0.05) is 18.2 Å². The summed E-state index contributed by atoms with van der Waals surface area (Å²) in [4.78, 5) is 0. The van der Waals surface area contributed by atoms with E-state index in [1.165, 1.54) is 0 Å². The first-order valence-electron chi connectivity index (χ1n) is 5.17. The standard InChI is InChI=1S/C12H15NO2/c1-2-5-11(6-3-1)14-9-4-7-12-13-8-10-15-12/h1-6,9,12-13H,7-8,10H2. The number of hydrogen-bond donors (Lipinski definition) is 1. The molecule has 1 aromatic carbocycles. The molecule has 0 amide bonds. The van der Waals surface area contributed by atoms with Crippen molar-refractivity contribution < 1.29 is 9.47 Å². The third-order valence-corrected chi connectivity index (χ3v) is 2.19. The third-order valence-electron chi connectivity index (χ3n) is 2.19. The summed E-state index contributed by atoms with van der Waals surface area (Å²) in [6.45, 7) is 1.75. The molecule has 0 radical (unpaired) electrons. The summed E-state index contributed by atoms with van der Waals surface area (Å²) in [5.41, 5.74) is 0. The van der Waals surface area contributed by atoms with E-state index in [0.29, 0.717) is 0 Å². The summed E-state index contributed by atoms with van der Waals surface area (Å²) in [7, 11) is 0. The lowest BCUT2D eigenvalue weighted by Crippen LogP contribution is -2.21. The Hall–Kier alpha value is -1.32. The number of nitrogens with one attached hydrogen (secondary N) is 1. The molecule has 1 aromatic rings. The maximum atomic E-state index is 5.40. The second-order valence-electron chi connectivity index (χ2n) is 3.35. The zero-order valence-corrected chi connectivity index (χ0v) is 8.56. The lowest BCUT2D eigenvalue weighted by atomic mass is 10.3. The summed E-state index contributed by atoms with van der Waals surface area (Å²) in [6.07, 6.45) is 4.67. The van der Waals surface area contributed by atoms with E-state index in [-0.39, 0.29) is 6.23 Å². The molecule has 1 aliphatic rings. The summed E-state index contributed by atoms with van der Waals surface area (Å²) >= 11 is 0. The van der Waals surface area contributed by atoms with Gasteiger partial charge >= 0.3 is 0 Å². The molecule has 15 heavy (non-hydrogen) atoms. The van der Waals surface area contributed by atoms with Crippen molar-refractivity contribution in [2.75, 3.05) is 13.2 Å². The van der Waals surface area contributed by atoms with Gasteiger partial charge in [0.05, 0.1) is 12.9 Å². The van der Waals surface area contributed by atoms with Crippen LogP contribution < -0.4 is 10.1 Å². The molecule has 1 N–H and O–H groups in total. The molecule has 1 unspecified atom stereocenters. The topological polar surface area (TPSA) is 30.5 Å². The Morgan fingerprint density at radius 3 is 3.00 bits per heavy atom. The molecule has 0 bridgehead atoms. The SMILES string of the molecule is C(=COc1ccccc1)CC1NCCO1. The number of para-hydroxylation sites is 1. The maximum absolute atomic E-state index is 5.40. The first kappa shape index (κ1) is 10.2. The van der Waals surface area contributed by atoms with Crippen molar-refractivity contribution in [1.82, 2.24) is 5.32 Å². The van der Waals surface area contributed by atoms with E-state index in [4.69, 9.17) is 9.47 Å². The fourth-order valence-electron chi connectivity index (χ4n) is 1.44. The van der Waals surface area contributed by atoms with E-state index < -0.39 is 0 Å². The van der Waals surface area contributed by atoms with Gasteiger partial charge in [0.2, 0.25) is 0 Å². The molecule has 1 saturated heterocycles. The molecule has 3 heteroatoms. The average molecular weight is 205 g/mol. The van der Waals surface area contributed by atoms with Crippen LogP contribution in [0.2, 0.25) is 0 Å². The molecule has 1 atom stereocenters. The zero-order chi connectivity index (χ0) is 10.3. The van der Waals surface area contributed by atoms with Crippen molar-refractivity contribution in [3.63, 3.8) is 0 Å². The van der Waals surface area contributed by atoms with E-state index in [1.54, 1.807) is 6.26 Å². The number of benzene rings is 1. The van der Waals surface area contributed by atoms with Crippen molar-refractivity contribution in [3.8, 4) is 5.75 Å². The van der Waals surface area contributed by atoms with Gasteiger partial charge in [-0.2, -0.15) is 0 Å². The summed E-state index contributed by atoms with van der Waals surface area (Å²) < 4.78 is 10.8. The van der Waals surface area contributed by atoms with Gasteiger partial charge in [0, 0.05) is 13.0 Å². The van der Waals surface area contributed by atoms with Gasteiger partial charge in [-0.3, -0.25) is 5.32 Å². The van der Waals surface area contributed by atoms with Crippen LogP contribution in [-0.4, -0.2) is 19.4 Å². The van der Waals surface area contributed by atoms with Crippen molar-refractivity contribution >= 4 is 0 Å². The molecule has 1 fully saturated rings. The lowest BCUT2D eigenvalue weighted by molar-refractivity contribution is 0.103. The number of ether oxygens (including phenoxy) is 2. The largest absolute Gasteiger partial charge is 0.465 e. The van der Waals surface area contributed by atoms with E-state index in [9.17, 15) is 0 Å². The first-order valence-corrected chi connectivity index (χ1v) is 5.17. The predicted octanol–water partition coefficient (Wildman–Crippen LogP) is 1.92. The van der Waals surface area contributed by atoms with Crippen molar-refractivity contribution in [1.29, 1.82) is 0 Å². The number of hydrogen-bond acceptors (Lipinski definition) is 3. The van der Waals surface area contributed by atoms with Gasteiger partial charge < -0.3 is 9.47 Å². The normalized spacial score (nSPS) is 20.9. The monoisotopic (exact) mass is 205 g/mol. The molecule has 1 aliphatic heterocycles. The van der Waals surface area contributed by atoms with Crippen molar-refractivity contribution in [2.45, 2.75) is 12.6 Å². The van der Waals surface area contributed by atoms with Crippen molar-refractivity contribution in [2.24, 2.45) is 0 Å². The minimum Gasteiger partial charge on any atom is -0.465 e. The van der Waals surface area contributed by atoms with E-state index in [2.05, 4.69) is 5.32 Å². The Kier molecular flexibility index (Phi) is 3.77. The van der Waals surface area contributed by atoms with Gasteiger partial charge in [-0.15, -0.1) is 0 Å². The van der Waals surface area contributed by atoms with Crippen molar-refractivity contribution in [3.05, 3.63) is 42.7 Å². The highest BCUT2D eigenvalue weighted by Gasteiger charge is 2.11. The molecule has 0 saturated carbocycles. The minimum atomic E-state index is 0.153. The molecule has 3 nitrogen and oxygen atoms in total. The van der Waals surface area contributed by atoms with Crippen LogP contribution in [0, 0.1) is 0 Å². The summed E-state index contributed by atoms with van der Waals surface area (Å²) in [5.74, 6) is 0.856. The third kappa shape index (κ3) is 3.38. The molecule has 0 aliphatic carbocycles. The van der Waals surface area contributed by atoms with Gasteiger partial charge in [0.1, 0.15) is 12.0 Å². The van der Waals surface area contributed by atoms with Crippen LogP contribution in [0.5, 0.6) is 5.75 Å². The molecule has 1 heterocycles. The molecular weight excluding hydrogens is 190 g/mol. The number of rotatable bonds is 4. The van der Waals surface area contributed by atoms with Crippen LogP contribution in [0.1, 0.15) is 6.42 Å².